The van der Waals surface area contributed by atoms with Crippen LogP contribution in [0.4, 0.5) is 5.69 Å². The number of amides is 2. The second kappa shape index (κ2) is 6.97. The van der Waals surface area contributed by atoms with Crippen LogP contribution in [0, 0.1) is 0 Å². The zero-order valence-corrected chi connectivity index (χ0v) is 15.3. The van der Waals surface area contributed by atoms with E-state index in [1.807, 2.05) is 0 Å². The fraction of sp³-hybridized carbons (Fsp3) is 0.176. The maximum Gasteiger partial charge on any atom is 0.269 e. The fourth-order valence-corrected chi connectivity index (χ4v) is 4.29. The first-order valence-electron chi connectivity index (χ1n) is 7.73. The van der Waals surface area contributed by atoms with Gasteiger partial charge in [0.1, 0.15) is 17.2 Å². The third-order valence-electron chi connectivity index (χ3n) is 3.71. The minimum absolute atomic E-state index is 0.0538. The molecule has 1 N–H and O–H groups in total. The molecule has 1 heterocycles. The molecule has 0 atom stereocenters. The number of nitrogens with one attached hydrogen (secondary N) is 1. The van der Waals surface area contributed by atoms with E-state index < -0.39 is 28.4 Å². The average Bonchev–Trinajstić information content (AvgIpc) is 2.79. The van der Waals surface area contributed by atoms with Crippen LogP contribution in [0.1, 0.15) is 17.3 Å². The Bertz CT molecular complexity index is 990. The molecule has 0 spiro atoms. The van der Waals surface area contributed by atoms with Gasteiger partial charge in [-0.1, -0.05) is 23.7 Å². The van der Waals surface area contributed by atoms with Crippen molar-refractivity contribution in [3.05, 3.63) is 53.1 Å². The Hall–Kier alpha value is -2.58. The van der Waals surface area contributed by atoms with E-state index in [0.717, 1.165) is 0 Å². The normalized spacial score (nSPS) is 14.8. The molecular formula is C17H15ClN2O5S. The molecule has 2 aromatic rings. The number of benzene rings is 2. The minimum Gasteiger partial charge on any atom is -0.492 e. The summed E-state index contributed by atoms with van der Waals surface area (Å²) in [5.74, 6) is -1.02. The van der Waals surface area contributed by atoms with Crippen molar-refractivity contribution in [1.82, 2.24) is 4.31 Å². The molecular weight excluding hydrogens is 380 g/mol. The Morgan fingerprint density at radius 1 is 1.23 bits per heavy atom. The summed E-state index contributed by atoms with van der Waals surface area (Å²) < 4.78 is 30.9. The zero-order valence-electron chi connectivity index (χ0n) is 13.7. The van der Waals surface area contributed by atoms with Crippen LogP contribution in [0.2, 0.25) is 5.02 Å². The maximum atomic E-state index is 12.5. The number of carbonyl (C=O) groups excluding carboxylic acids is 2. The average molecular weight is 395 g/mol. The van der Waals surface area contributed by atoms with Gasteiger partial charge in [0, 0.05) is 5.02 Å². The van der Waals surface area contributed by atoms with Crippen LogP contribution in [0.5, 0.6) is 5.75 Å². The number of nitrogens with zero attached hydrogens (tertiary/aromatic N) is 1. The van der Waals surface area contributed by atoms with Gasteiger partial charge in [0.2, 0.25) is 5.91 Å². The highest BCUT2D eigenvalue weighted by Gasteiger charge is 2.41. The molecule has 1 aliphatic heterocycles. The highest BCUT2D eigenvalue weighted by molar-refractivity contribution is 7.90. The van der Waals surface area contributed by atoms with Crippen molar-refractivity contribution in [2.24, 2.45) is 0 Å². The van der Waals surface area contributed by atoms with Crippen molar-refractivity contribution in [2.45, 2.75) is 11.8 Å². The monoisotopic (exact) mass is 394 g/mol. The number of hydrogen-bond acceptors (Lipinski definition) is 5. The van der Waals surface area contributed by atoms with Crippen LogP contribution < -0.4 is 10.1 Å². The van der Waals surface area contributed by atoms with Crippen LogP contribution >= 0.6 is 11.6 Å². The molecule has 26 heavy (non-hydrogen) atoms. The van der Waals surface area contributed by atoms with Crippen molar-refractivity contribution in [3.63, 3.8) is 0 Å². The lowest BCUT2D eigenvalue weighted by Gasteiger charge is -2.16. The minimum atomic E-state index is -4.05. The number of rotatable bonds is 5. The number of carbonyl (C=O) groups is 2. The molecule has 0 bridgehead atoms. The van der Waals surface area contributed by atoms with Crippen LogP contribution in [0.25, 0.3) is 0 Å². The van der Waals surface area contributed by atoms with Crippen molar-refractivity contribution in [3.8, 4) is 5.75 Å². The number of halogens is 1. The van der Waals surface area contributed by atoms with Crippen LogP contribution in [-0.2, 0) is 14.8 Å². The molecule has 136 valence electrons. The molecule has 0 aliphatic carbocycles. The van der Waals surface area contributed by atoms with Gasteiger partial charge < -0.3 is 10.1 Å². The number of ether oxygens (including phenoxy) is 1. The number of hydrogen-bond donors (Lipinski definition) is 1. The second-order valence-corrected chi connectivity index (χ2v) is 7.70. The highest BCUT2D eigenvalue weighted by atomic mass is 35.5. The van der Waals surface area contributed by atoms with Gasteiger partial charge in [0.05, 0.1) is 17.9 Å². The molecule has 0 radical (unpaired) electrons. The van der Waals surface area contributed by atoms with E-state index in [-0.39, 0.29) is 10.5 Å². The van der Waals surface area contributed by atoms with E-state index in [9.17, 15) is 18.0 Å². The Morgan fingerprint density at radius 2 is 1.96 bits per heavy atom. The van der Waals surface area contributed by atoms with Crippen molar-refractivity contribution in [2.75, 3.05) is 18.5 Å². The molecule has 0 fully saturated rings. The van der Waals surface area contributed by atoms with Gasteiger partial charge in [-0.2, -0.15) is 0 Å². The maximum absolute atomic E-state index is 12.5. The van der Waals surface area contributed by atoms with Gasteiger partial charge in [-0.15, -0.1) is 0 Å². The fourth-order valence-electron chi connectivity index (χ4n) is 2.59. The SMILES string of the molecule is CCOc1ccc(Cl)cc1NC(=O)CN1C(=O)c2ccccc2S1(=O)=O. The molecule has 0 unspecified atom stereocenters. The molecule has 1 aliphatic rings. The Kier molecular flexibility index (Phi) is 4.88. The number of fused-ring (bicyclic) bond motifs is 1. The lowest BCUT2D eigenvalue weighted by molar-refractivity contribution is -0.116. The molecule has 0 saturated carbocycles. The number of anilines is 1. The van der Waals surface area contributed by atoms with E-state index in [0.29, 0.717) is 27.4 Å². The standard InChI is InChI=1S/C17H15ClN2O5S/c1-2-25-14-8-7-11(18)9-13(14)19-16(21)10-20-17(22)12-5-3-4-6-15(12)26(20,23)24/h3-9H,2,10H2,1H3,(H,19,21). The van der Waals surface area contributed by atoms with Gasteiger partial charge >= 0.3 is 0 Å². The van der Waals surface area contributed by atoms with Crippen molar-refractivity contribution < 1.29 is 22.7 Å². The molecule has 3 rings (SSSR count). The first kappa shape index (κ1) is 18.2. The third kappa shape index (κ3) is 3.25. The molecule has 7 nitrogen and oxygen atoms in total. The molecule has 2 amide bonds. The van der Waals surface area contributed by atoms with Gasteiger partial charge in [-0.25, -0.2) is 12.7 Å². The number of sulfonamides is 1. The molecule has 0 saturated heterocycles. The van der Waals surface area contributed by atoms with Gasteiger partial charge in [0.25, 0.3) is 15.9 Å². The topological polar surface area (TPSA) is 92.8 Å². The molecule has 9 heteroatoms. The molecule has 2 aromatic carbocycles. The summed E-state index contributed by atoms with van der Waals surface area (Å²) >= 11 is 5.93. The van der Waals surface area contributed by atoms with E-state index >= 15 is 0 Å². The summed E-state index contributed by atoms with van der Waals surface area (Å²) in [6.45, 7) is 1.51. The van der Waals surface area contributed by atoms with Gasteiger partial charge in [-0.3, -0.25) is 9.59 Å². The summed E-state index contributed by atoms with van der Waals surface area (Å²) in [6, 6.07) is 10.5. The summed E-state index contributed by atoms with van der Waals surface area (Å²) in [6.07, 6.45) is 0. The van der Waals surface area contributed by atoms with Gasteiger partial charge in [0.15, 0.2) is 0 Å². The quantitative estimate of drug-likeness (QED) is 0.841. The second-order valence-electron chi connectivity index (χ2n) is 5.43. The first-order chi connectivity index (χ1) is 12.3. The Morgan fingerprint density at radius 3 is 2.65 bits per heavy atom. The summed E-state index contributed by atoms with van der Waals surface area (Å²) in [5, 5.41) is 2.92. The predicted molar refractivity (Wildman–Crippen MR) is 95.9 cm³/mol. The molecule has 0 aromatic heterocycles. The first-order valence-corrected chi connectivity index (χ1v) is 9.54. The van der Waals surface area contributed by atoms with Crippen molar-refractivity contribution in [1.29, 1.82) is 0 Å². The Balaban J connectivity index is 1.82. The summed E-state index contributed by atoms with van der Waals surface area (Å²) in [5.41, 5.74) is 0.351. The van der Waals surface area contributed by atoms with Crippen LogP contribution in [-0.4, -0.2) is 37.7 Å². The summed E-state index contributed by atoms with van der Waals surface area (Å²) in [7, 11) is -4.05. The van der Waals surface area contributed by atoms with Crippen LogP contribution in [0.15, 0.2) is 47.4 Å². The lowest BCUT2D eigenvalue weighted by atomic mass is 10.2. The van der Waals surface area contributed by atoms with Crippen LogP contribution in [0.3, 0.4) is 0 Å². The van der Waals surface area contributed by atoms with Gasteiger partial charge in [-0.05, 0) is 37.3 Å². The smallest absolute Gasteiger partial charge is 0.269 e. The highest BCUT2D eigenvalue weighted by Crippen LogP contribution is 2.31. The van der Waals surface area contributed by atoms with E-state index in [1.165, 1.54) is 24.3 Å². The van der Waals surface area contributed by atoms with Crippen molar-refractivity contribution >= 4 is 39.1 Å². The largest absolute Gasteiger partial charge is 0.492 e. The van der Waals surface area contributed by atoms with E-state index in [4.69, 9.17) is 16.3 Å². The zero-order chi connectivity index (χ0) is 18.9. The predicted octanol–water partition coefficient (Wildman–Crippen LogP) is 2.52. The lowest BCUT2D eigenvalue weighted by Crippen LogP contribution is -2.37. The third-order valence-corrected chi connectivity index (χ3v) is 5.74. The van der Waals surface area contributed by atoms with E-state index in [1.54, 1.807) is 25.1 Å². The van der Waals surface area contributed by atoms with E-state index in [2.05, 4.69) is 5.32 Å². The Labute approximate surface area is 155 Å². The summed E-state index contributed by atoms with van der Waals surface area (Å²) in [4.78, 5) is 24.6.